The largest absolute Gasteiger partial charge is 0.497 e. The minimum atomic E-state index is -0.0112. The van der Waals surface area contributed by atoms with Gasteiger partial charge in [0, 0.05) is 31.1 Å². The van der Waals surface area contributed by atoms with Crippen molar-refractivity contribution in [1.29, 1.82) is 0 Å². The molecule has 0 radical (unpaired) electrons. The van der Waals surface area contributed by atoms with E-state index < -0.39 is 0 Å². The quantitative estimate of drug-likeness (QED) is 0.808. The molecule has 1 fully saturated rings. The summed E-state index contributed by atoms with van der Waals surface area (Å²) in [5.74, 6) is 1.46. The molecule has 116 valence electrons. The number of carbonyl (C=O) groups is 1. The average Bonchev–Trinajstić information content (AvgIpc) is 2.53. The summed E-state index contributed by atoms with van der Waals surface area (Å²) in [6.45, 7) is 2.49. The molecule has 6 heteroatoms. The van der Waals surface area contributed by atoms with E-state index in [9.17, 15) is 4.79 Å². The van der Waals surface area contributed by atoms with Gasteiger partial charge in [-0.15, -0.1) is 0 Å². The van der Waals surface area contributed by atoms with Gasteiger partial charge in [-0.25, -0.2) is 0 Å². The number of amides is 1. The lowest BCUT2D eigenvalue weighted by atomic mass is 10.1. The lowest BCUT2D eigenvalue weighted by molar-refractivity contribution is -0.122. The fourth-order valence-corrected chi connectivity index (χ4v) is 2.26. The molecule has 1 saturated heterocycles. The average molecular weight is 294 g/mol. The maximum Gasteiger partial charge on any atom is 0.221 e. The maximum absolute atomic E-state index is 12.0. The Balaban J connectivity index is 1.87. The highest BCUT2D eigenvalue weighted by atomic mass is 16.5. The number of benzene rings is 1. The molecule has 1 unspecified atom stereocenters. The van der Waals surface area contributed by atoms with Crippen molar-refractivity contribution in [1.82, 2.24) is 10.6 Å². The molecular formula is C15H22N2O4. The van der Waals surface area contributed by atoms with Gasteiger partial charge in [0.2, 0.25) is 5.91 Å². The van der Waals surface area contributed by atoms with Crippen LogP contribution >= 0.6 is 0 Å². The van der Waals surface area contributed by atoms with Gasteiger partial charge >= 0.3 is 0 Å². The highest BCUT2D eigenvalue weighted by molar-refractivity contribution is 5.76. The number of nitrogens with one attached hydrogen (secondary N) is 2. The second-order valence-corrected chi connectivity index (χ2v) is 4.88. The molecule has 0 aromatic heterocycles. The normalized spacial score (nSPS) is 18.1. The van der Waals surface area contributed by atoms with Crippen molar-refractivity contribution >= 4 is 5.91 Å². The van der Waals surface area contributed by atoms with E-state index in [1.165, 1.54) is 0 Å². The Kier molecular flexibility index (Phi) is 5.83. The lowest BCUT2D eigenvalue weighted by Gasteiger charge is -2.23. The Morgan fingerprint density at radius 1 is 1.43 bits per heavy atom. The zero-order valence-electron chi connectivity index (χ0n) is 12.5. The summed E-state index contributed by atoms with van der Waals surface area (Å²) in [5, 5.41) is 6.16. The van der Waals surface area contributed by atoms with Crippen LogP contribution in [-0.2, 0) is 16.1 Å². The third-order valence-corrected chi connectivity index (χ3v) is 3.39. The number of ether oxygens (including phenoxy) is 3. The highest BCUT2D eigenvalue weighted by Gasteiger charge is 2.17. The zero-order valence-corrected chi connectivity index (χ0v) is 12.5. The third-order valence-electron chi connectivity index (χ3n) is 3.39. The second-order valence-electron chi connectivity index (χ2n) is 4.88. The second kappa shape index (κ2) is 7.85. The number of hydrogen-bond donors (Lipinski definition) is 2. The standard InChI is InChI=1S/C15H22N2O4/c1-19-13-3-4-14(20-2)11(7-13)9-17-15(18)8-12-10-21-6-5-16-12/h3-4,7,12,16H,5-6,8-10H2,1-2H3,(H,17,18). The fraction of sp³-hybridized carbons (Fsp3) is 0.533. The van der Waals surface area contributed by atoms with E-state index in [1.54, 1.807) is 14.2 Å². The highest BCUT2D eigenvalue weighted by Crippen LogP contribution is 2.23. The molecule has 1 aromatic rings. The smallest absolute Gasteiger partial charge is 0.221 e. The number of carbonyl (C=O) groups excluding carboxylic acids is 1. The van der Waals surface area contributed by atoms with Crippen molar-refractivity contribution in [3.05, 3.63) is 23.8 Å². The zero-order chi connectivity index (χ0) is 15.1. The topological polar surface area (TPSA) is 68.8 Å². The number of methoxy groups -OCH3 is 2. The Morgan fingerprint density at radius 3 is 2.95 bits per heavy atom. The van der Waals surface area contributed by atoms with E-state index in [0.717, 1.165) is 23.6 Å². The Hall–Kier alpha value is -1.79. The van der Waals surface area contributed by atoms with Gasteiger partial charge in [-0.3, -0.25) is 4.79 Å². The van der Waals surface area contributed by atoms with Crippen molar-refractivity contribution in [2.24, 2.45) is 0 Å². The van der Waals surface area contributed by atoms with Crippen molar-refractivity contribution in [2.75, 3.05) is 34.0 Å². The molecule has 1 aromatic carbocycles. The van der Waals surface area contributed by atoms with Crippen molar-refractivity contribution in [2.45, 2.75) is 19.0 Å². The van der Waals surface area contributed by atoms with Crippen LogP contribution in [-0.4, -0.2) is 45.9 Å². The Morgan fingerprint density at radius 2 is 2.29 bits per heavy atom. The van der Waals surface area contributed by atoms with Crippen LogP contribution in [0.5, 0.6) is 11.5 Å². The van der Waals surface area contributed by atoms with E-state index in [0.29, 0.717) is 26.2 Å². The first-order valence-corrected chi connectivity index (χ1v) is 7.01. The molecule has 1 atom stereocenters. The van der Waals surface area contributed by atoms with Gasteiger partial charge in [0.25, 0.3) is 0 Å². The first-order valence-electron chi connectivity index (χ1n) is 7.01. The summed E-state index contributed by atoms with van der Waals surface area (Å²) in [7, 11) is 3.22. The molecule has 1 aliphatic heterocycles. The SMILES string of the molecule is COc1ccc(OC)c(CNC(=O)CC2COCCN2)c1. The molecule has 0 saturated carbocycles. The van der Waals surface area contributed by atoms with Gasteiger partial charge in [0.15, 0.2) is 0 Å². The Labute approximate surface area is 124 Å². The summed E-state index contributed by atoms with van der Waals surface area (Å²) >= 11 is 0. The van der Waals surface area contributed by atoms with Gasteiger partial charge in [0.1, 0.15) is 11.5 Å². The maximum atomic E-state index is 12.0. The molecule has 1 amide bonds. The molecule has 1 aliphatic rings. The first kappa shape index (κ1) is 15.6. The van der Waals surface area contributed by atoms with Crippen LogP contribution in [0.25, 0.3) is 0 Å². The minimum absolute atomic E-state index is 0.0112. The van der Waals surface area contributed by atoms with E-state index >= 15 is 0 Å². The number of hydrogen-bond acceptors (Lipinski definition) is 5. The van der Waals surface area contributed by atoms with Gasteiger partial charge < -0.3 is 24.8 Å². The summed E-state index contributed by atoms with van der Waals surface area (Å²) < 4.78 is 15.8. The molecule has 0 bridgehead atoms. The molecule has 6 nitrogen and oxygen atoms in total. The fourth-order valence-electron chi connectivity index (χ4n) is 2.26. The predicted molar refractivity (Wildman–Crippen MR) is 78.6 cm³/mol. The van der Waals surface area contributed by atoms with Crippen molar-refractivity contribution in [3.63, 3.8) is 0 Å². The predicted octanol–water partition coefficient (Wildman–Crippen LogP) is 0.699. The molecule has 0 spiro atoms. The van der Waals surface area contributed by atoms with Gasteiger partial charge in [-0.05, 0) is 18.2 Å². The third kappa shape index (κ3) is 4.61. The van der Waals surface area contributed by atoms with Crippen LogP contribution in [0.2, 0.25) is 0 Å². The number of rotatable bonds is 6. The molecule has 0 aliphatic carbocycles. The van der Waals surface area contributed by atoms with E-state index in [2.05, 4.69) is 10.6 Å². The molecule has 2 N–H and O–H groups in total. The molecular weight excluding hydrogens is 272 g/mol. The van der Waals surface area contributed by atoms with Gasteiger partial charge in [-0.2, -0.15) is 0 Å². The monoisotopic (exact) mass is 294 g/mol. The van der Waals surface area contributed by atoms with Crippen LogP contribution in [0.4, 0.5) is 0 Å². The van der Waals surface area contributed by atoms with Crippen LogP contribution in [0.15, 0.2) is 18.2 Å². The summed E-state index contributed by atoms with van der Waals surface area (Å²) in [6.07, 6.45) is 0.409. The van der Waals surface area contributed by atoms with E-state index in [1.807, 2.05) is 18.2 Å². The van der Waals surface area contributed by atoms with Gasteiger partial charge in [-0.1, -0.05) is 0 Å². The van der Waals surface area contributed by atoms with E-state index in [4.69, 9.17) is 14.2 Å². The number of morpholine rings is 1. The van der Waals surface area contributed by atoms with Crippen LogP contribution < -0.4 is 20.1 Å². The molecule has 21 heavy (non-hydrogen) atoms. The minimum Gasteiger partial charge on any atom is -0.497 e. The van der Waals surface area contributed by atoms with Crippen molar-refractivity contribution in [3.8, 4) is 11.5 Å². The summed E-state index contributed by atoms with van der Waals surface area (Å²) in [4.78, 5) is 12.0. The lowest BCUT2D eigenvalue weighted by Crippen LogP contribution is -2.44. The first-order chi connectivity index (χ1) is 10.2. The summed E-state index contributed by atoms with van der Waals surface area (Å²) in [6, 6.07) is 5.61. The van der Waals surface area contributed by atoms with Crippen LogP contribution in [0, 0.1) is 0 Å². The van der Waals surface area contributed by atoms with Crippen molar-refractivity contribution < 1.29 is 19.0 Å². The van der Waals surface area contributed by atoms with Crippen LogP contribution in [0.3, 0.4) is 0 Å². The van der Waals surface area contributed by atoms with Gasteiger partial charge in [0.05, 0.1) is 27.4 Å². The van der Waals surface area contributed by atoms with E-state index in [-0.39, 0.29) is 11.9 Å². The summed E-state index contributed by atoms with van der Waals surface area (Å²) in [5.41, 5.74) is 0.887. The van der Waals surface area contributed by atoms with Crippen LogP contribution in [0.1, 0.15) is 12.0 Å². The molecule has 1 heterocycles. The molecule has 2 rings (SSSR count). The Bertz CT molecular complexity index is 473.